The summed E-state index contributed by atoms with van der Waals surface area (Å²) in [5.74, 6) is 1.75. The number of rotatable bonds is 8. The van der Waals surface area contributed by atoms with Crippen molar-refractivity contribution in [3.63, 3.8) is 0 Å². The number of nitrogens with one attached hydrogen (secondary N) is 1. The fourth-order valence-corrected chi connectivity index (χ4v) is 3.43. The Balaban J connectivity index is 2.19. The quantitative estimate of drug-likeness (QED) is 0.797. The van der Waals surface area contributed by atoms with Crippen LogP contribution in [0.2, 0.25) is 0 Å². The van der Waals surface area contributed by atoms with Crippen LogP contribution in [-0.2, 0) is 10.3 Å². The van der Waals surface area contributed by atoms with Crippen LogP contribution in [0.3, 0.4) is 0 Å². The zero-order valence-electron chi connectivity index (χ0n) is 13.8. The lowest BCUT2D eigenvalue weighted by Crippen LogP contribution is -2.32. The SMILES string of the molecule is CCNC(C)C(CC)c1nc(C2(OCC)CCCC2)no1. The van der Waals surface area contributed by atoms with E-state index in [9.17, 15) is 0 Å². The van der Waals surface area contributed by atoms with Crippen molar-refractivity contribution in [3.05, 3.63) is 11.7 Å². The average Bonchev–Trinajstić information content (AvgIpc) is 3.10. The van der Waals surface area contributed by atoms with Crippen LogP contribution in [0.5, 0.6) is 0 Å². The Labute approximate surface area is 127 Å². The molecular formula is C16H29N3O2. The molecule has 1 aliphatic rings. The van der Waals surface area contributed by atoms with E-state index in [4.69, 9.17) is 14.2 Å². The van der Waals surface area contributed by atoms with Gasteiger partial charge in [-0.25, -0.2) is 0 Å². The van der Waals surface area contributed by atoms with Gasteiger partial charge in [0.15, 0.2) is 0 Å². The van der Waals surface area contributed by atoms with E-state index in [1.54, 1.807) is 0 Å². The molecule has 5 nitrogen and oxygen atoms in total. The number of aromatic nitrogens is 2. The van der Waals surface area contributed by atoms with Gasteiger partial charge in [-0.3, -0.25) is 0 Å². The van der Waals surface area contributed by atoms with Crippen molar-refractivity contribution in [2.24, 2.45) is 0 Å². The molecule has 0 aromatic carbocycles. The highest BCUT2D eigenvalue weighted by atomic mass is 16.5. The predicted molar refractivity (Wildman–Crippen MR) is 82.2 cm³/mol. The van der Waals surface area contributed by atoms with Gasteiger partial charge in [-0.05, 0) is 52.5 Å². The van der Waals surface area contributed by atoms with E-state index in [0.29, 0.717) is 12.6 Å². The highest BCUT2D eigenvalue weighted by Gasteiger charge is 2.41. The van der Waals surface area contributed by atoms with Crippen molar-refractivity contribution < 1.29 is 9.26 Å². The van der Waals surface area contributed by atoms with Crippen LogP contribution in [0.25, 0.3) is 0 Å². The fraction of sp³-hybridized carbons (Fsp3) is 0.875. The third kappa shape index (κ3) is 3.46. The average molecular weight is 295 g/mol. The molecule has 0 spiro atoms. The van der Waals surface area contributed by atoms with Crippen LogP contribution < -0.4 is 5.32 Å². The van der Waals surface area contributed by atoms with Crippen LogP contribution in [0.4, 0.5) is 0 Å². The molecule has 1 fully saturated rings. The topological polar surface area (TPSA) is 60.2 Å². The molecule has 1 N–H and O–H groups in total. The van der Waals surface area contributed by atoms with Gasteiger partial charge in [-0.15, -0.1) is 0 Å². The van der Waals surface area contributed by atoms with Crippen molar-refractivity contribution in [1.29, 1.82) is 0 Å². The number of likely N-dealkylation sites (N-methyl/N-ethyl adjacent to an activating group) is 1. The summed E-state index contributed by atoms with van der Waals surface area (Å²) in [7, 11) is 0. The summed E-state index contributed by atoms with van der Waals surface area (Å²) in [5.41, 5.74) is -0.309. The molecule has 120 valence electrons. The standard InChI is InChI=1S/C16H29N3O2/c1-5-13(12(4)17-6-2)14-18-15(19-21-14)16(20-7-3)10-8-9-11-16/h12-13,17H,5-11H2,1-4H3. The van der Waals surface area contributed by atoms with Crippen molar-refractivity contribution in [2.75, 3.05) is 13.2 Å². The zero-order chi connectivity index (χ0) is 15.3. The van der Waals surface area contributed by atoms with E-state index in [0.717, 1.165) is 37.5 Å². The highest BCUT2D eigenvalue weighted by molar-refractivity contribution is 5.07. The summed E-state index contributed by atoms with van der Waals surface area (Å²) in [6.07, 6.45) is 5.33. The van der Waals surface area contributed by atoms with Gasteiger partial charge >= 0.3 is 0 Å². The van der Waals surface area contributed by atoms with E-state index in [1.807, 2.05) is 6.92 Å². The van der Waals surface area contributed by atoms with Crippen LogP contribution in [0, 0.1) is 0 Å². The lowest BCUT2D eigenvalue weighted by Gasteiger charge is -2.25. The Hall–Kier alpha value is -0.940. The number of ether oxygens (including phenoxy) is 1. The van der Waals surface area contributed by atoms with Crippen LogP contribution in [0.1, 0.15) is 77.4 Å². The van der Waals surface area contributed by atoms with Crippen molar-refractivity contribution >= 4 is 0 Å². The van der Waals surface area contributed by atoms with E-state index in [1.165, 1.54) is 12.8 Å². The van der Waals surface area contributed by atoms with Crippen molar-refractivity contribution in [2.45, 2.75) is 77.4 Å². The van der Waals surface area contributed by atoms with Crippen LogP contribution in [-0.4, -0.2) is 29.3 Å². The maximum Gasteiger partial charge on any atom is 0.231 e. The Morgan fingerprint density at radius 2 is 2.00 bits per heavy atom. The van der Waals surface area contributed by atoms with E-state index < -0.39 is 0 Å². The van der Waals surface area contributed by atoms with Gasteiger partial charge < -0.3 is 14.6 Å². The highest BCUT2D eigenvalue weighted by Crippen LogP contribution is 2.41. The summed E-state index contributed by atoms with van der Waals surface area (Å²) < 4.78 is 11.6. The van der Waals surface area contributed by atoms with Gasteiger partial charge in [0.25, 0.3) is 0 Å². The number of hydrogen-bond donors (Lipinski definition) is 1. The Bertz CT molecular complexity index is 427. The predicted octanol–water partition coefficient (Wildman–Crippen LogP) is 3.37. The maximum atomic E-state index is 6.01. The second-order valence-corrected chi connectivity index (χ2v) is 5.95. The third-order valence-corrected chi connectivity index (χ3v) is 4.57. The Kier molecular flexibility index (Phi) is 5.76. The first-order chi connectivity index (χ1) is 10.2. The Morgan fingerprint density at radius 1 is 1.29 bits per heavy atom. The normalized spacial score (nSPS) is 20.6. The lowest BCUT2D eigenvalue weighted by atomic mass is 9.97. The summed E-state index contributed by atoms with van der Waals surface area (Å²) in [6, 6.07) is 0.333. The Morgan fingerprint density at radius 3 is 2.57 bits per heavy atom. The van der Waals surface area contributed by atoms with E-state index >= 15 is 0 Å². The molecule has 0 aliphatic heterocycles. The molecule has 2 unspecified atom stereocenters. The smallest absolute Gasteiger partial charge is 0.231 e. The molecule has 1 aliphatic carbocycles. The first-order valence-electron chi connectivity index (χ1n) is 8.38. The van der Waals surface area contributed by atoms with Gasteiger partial charge in [0.05, 0.1) is 5.92 Å². The number of nitrogens with zero attached hydrogens (tertiary/aromatic N) is 2. The van der Waals surface area contributed by atoms with Crippen LogP contribution >= 0.6 is 0 Å². The number of hydrogen-bond acceptors (Lipinski definition) is 5. The van der Waals surface area contributed by atoms with E-state index in [2.05, 4.69) is 31.2 Å². The molecule has 1 saturated carbocycles. The minimum Gasteiger partial charge on any atom is -0.367 e. The molecule has 2 rings (SSSR count). The molecule has 0 saturated heterocycles. The van der Waals surface area contributed by atoms with Gasteiger partial charge in [0.2, 0.25) is 11.7 Å². The molecule has 1 aromatic rings. The fourth-order valence-electron chi connectivity index (χ4n) is 3.43. The molecule has 0 radical (unpaired) electrons. The summed E-state index contributed by atoms with van der Waals surface area (Å²) in [4.78, 5) is 4.71. The second kappa shape index (κ2) is 7.36. The third-order valence-electron chi connectivity index (χ3n) is 4.57. The molecule has 21 heavy (non-hydrogen) atoms. The van der Waals surface area contributed by atoms with Gasteiger partial charge in [0.1, 0.15) is 5.60 Å². The summed E-state index contributed by atoms with van der Waals surface area (Å²) >= 11 is 0. The lowest BCUT2D eigenvalue weighted by molar-refractivity contribution is -0.0469. The van der Waals surface area contributed by atoms with Gasteiger partial charge in [-0.2, -0.15) is 4.98 Å². The zero-order valence-corrected chi connectivity index (χ0v) is 13.8. The largest absolute Gasteiger partial charge is 0.367 e. The van der Waals surface area contributed by atoms with Crippen molar-refractivity contribution in [3.8, 4) is 0 Å². The maximum absolute atomic E-state index is 6.01. The minimum absolute atomic E-state index is 0.256. The molecular weight excluding hydrogens is 266 g/mol. The first-order valence-corrected chi connectivity index (χ1v) is 8.38. The second-order valence-electron chi connectivity index (χ2n) is 5.95. The van der Waals surface area contributed by atoms with Gasteiger partial charge in [-0.1, -0.05) is 19.0 Å². The van der Waals surface area contributed by atoms with Crippen molar-refractivity contribution in [1.82, 2.24) is 15.5 Å². The molecule has 0 bridgehead atoms. The van der Waals surface area contributed by atoms with Gasteiger partial charge in [0, 0.05) is 12.6 Å². The monoisotopic (exact) mass is 295 g/mol. The van der Waals surface area contributed by atoms with E-state index in [-0.39, 0.29) is 11.5 Å². The minimum atomic E-state index is -0.309. The molecule has 1 heterocycles. The molecule has 2 atom stereocenters. The summed E-state index contributed by atoms with van der Waals surface area (Å²) in [6.45, 7) is 10.1. The molecule has 1 aromatic heterocycles. The summed E-state index contributed by atoms with van der Waals surface area (Å²) in [5, 5.41) is 7.71. The van der Waals surface area contributed by atoms with Crippen LogP contribution in [0.15, 0.2) is 4.52 Å². The molecule has 0 amide bonds. The first kappa shape index (κ1) is 16.4. The molecule has 5 heteroatoms.